The van der Waals surface area contributed by atoms with E-state index in [1.807, 2.05) is 18.2 Å². The Morgan fingerprint density at radius 1 is 1.33 bits per heavy atom. The molecule has 2 radical (unpaired) electrons. The summed E-state index contributed by atoms with van der Waals surface area (Å²) in [4.78, 5) is 0. The highest BCUT2D eigenvalue weighted by Gasteiger charge is 2.40. The summed E-state index contributed by atoms with van der Waals surface area (Å²) in [6.45, 7) is 2.13. The van der Waals surface area contributed by atoms with E-state index < -0.39 is 0 Å². The molecule has 1 unspecified atom stereocenters. The van der Waals surface area contributed by atoms with Gasteiger partial charge in [-0.25, -0.2) is 0 Å². The van der Waals surface area contributed by atoms with Crippen molar-refractivity contribution >= 4 is 31.0 Å². The van der Waals surface area contributed by atoms with E-state index in [-0.39, 0.29) is 5.31 Å². The van der Waals surface area contributed by atoms with E-state index in [1.165, 1.54) is 12.8 Å². The minimum Gasteiger partial charge on any atom is -0.0827 e. The van der Waals surface area contributed by atoms with Gasteiger partial charge in [-0.2, -0.15) is 0 Å². The van der Waals surface area contributed by atoms with Crippen LogP contribution in [-0.4, -0.2) is 7.85 Å². The van der Waals surface area contributed by atoms with Gasteiger partial charge in [-0.1, -0.05) is 55.5 Å². The Balaban J connectivity index is 2.38. The van der Waals surface area contributed by atoms with Gasteiger partial charge >= 0.3 is 0 Å². The lowest BCUT2D eigenvalue weighted by Crippen LogP contribution is -2.28. The van der Waals surface area contributed by atoms with Crippen molar-refractivity contribution in [1.82, 2.24) is 0 Å². The lowest BCUT2D eigenvalue weighted by Gasteiger charge is -2.30. The number of hydrogen-bond donors (Lipinski definition) is 0. The van der Waals surface area contributed by atoms with Crippen LogP contribution in [0.1, 0.15) is 31.7 Å². The third kappa shape index (κ3) is 2.05. The lowest BCUT2D eigenvalue weighted by atomic mass is 9.59. The maximum atomic E-state index is 6.44. The van der Waals surface area contributed by atoms with Crippen LogP contribution in [-0.2, 0) is 5.31 Å². The molecule has 0 aliphatic heterocycles. The standard InChI is InChI=1S/C12H13BCl2/c1-2-12(13,8-3-4-8)9-5-6-10(14)11(15)7-9/h5-8H,2-4H2,1H3. The Labute approximate surface area is 102 Å². The maximum absolute atomic E-state index is 6.44. The SMILES string of the molecule is [B]C(CC)(c1ccc(Cl)c(Cl)c1)C1CC1. The zero-order chi connectivity index (χ0) is 11.1. The summed E-state index contributed by atoms with van der Waals surface area (Å²) in [7, 11) is 6.44. The predicted molar refractivity (Wildman–Crippen MR) is 66.9 cm³/mol. The van der Waals surface area contributed by atoms with Gasteiger partial charge in [-0.3, -0.25) is 0 Å². The van der Waals surface area contributed by atoms with E-state index in [0.29, 0.717) is 16.0 Å². The van der Waals surface area contributed by atoms with Gasteiger partial charge in [0.05, 0.1) is 17.9 Å². The molecule has 0 spiro atoms. The highest BCUT2D eigenvalue weighted by atomic mass is 35.5. The minimum absolute atomic E-state index is 0.214. The van der Waals surface area contributed by atoms with Crippen molar-refractivity contribution in [2.45, 2.75) is 31.5 Å². The van der Waals surface area contributed by atoms with Crippen molar-refractivity contribution in [3.05, 3.63) is 33.8 Å². The molecular weight excluding hydrogens is 226 g/mol. The van der Waals surface area contributed by atoms with Gasteiger partial charge in [0.25, 0.3) is 0 Å². The van der Waals surface area contributed by atoms with Crippen molar-refractivity contribution < 1.29 is 0 Å². The fraction of sp³-hybridized carbons (Fsp3) is 0.500. The van der Waals surface area contributed by atoms with E-state index in [1.54, 1.807) is 0 Å². The number of benzene rings is 1. The van der Waals surface area contributed by atoms with Crippen LogP contribution in [0.25, 0.3) is 0 Å². The van der Waals surface area contributed by atoms with Gasteiger partial charge in [0.2, 0.25) is 0 Å². The molecule has 1 aliphatic carbocycles. The van der Waals surface area contributed by atoms with Gasteiger partial charge in [-0.15, -0.1) is 0 Å². The molecule has 1 saturated carbocycles. The fourth-order valence-electron chi connectivity index (χ4n) is 2.11. The topological polar surface area (TPSA) is 0 Å². The van der Waals surface area contributed by atoms with Crippen molar-refractivity contribution in [3.8, 4) is 0 Å². The van der Waals surface area contributed by atoms with E-state index in [9.17, 15) is 0 Å². The summed E-state index contributed by atoms with van der Waals surface area (Å²) in [6, 6.07) is 5.74. The largest absolute Gasteiger partial charge is 0.0827 e. The third-order valence-corrected chi connectivity index (χ3v) is 4.09. The first-order valence-corrected chi connectivity index (χ1v) is 6.08. The van der Waals surface area contributed by atoms with Gasteiger partial charge in [0.15, 0.2) is 0 Å². The molecule has 2 rings (SSSR count). The molecule has 0 bridgehead atoms. The van der Waals surface area contributed by atoms with Crippen molar-refractivity contribution in [3.63, 3.8) is 0 Å². The van der Waals surface area contributed by atoms with E-state index in [0.717, 1.165) is 12.0 Å². The molecule has 1 fully saturated rings. The molecule has 0 N–H and O–H groups in total. The predicted octanol–water partition coefficient (Wildman–Crippen LogP) is 4.18. The summed E-state index contributed by atoms with van der Waals surface area (Å²) < 4.78 is 0. The van der Waals surface area contributed by atoms with Crippen LogP contribution >= 0.6 is 23.2 Å². The first-order chi connectivity index (χ1) is 7.08. The second kappa shape index (κ2) is 4.03. The molecule has 0 saturated heterocycles. The molecule has 1 aromatic carbocycles. The molecule has 0 nitrogen and oxygen atoms in total. The normalized spacial score (nSPS) is 19.9. The number of rotatable bonds is 3. The summed E-state index contributed by atoms with van der Waals surface area (Å²) in [5, 5.41) is 0.974. The smallest absolute Gasteiger partial charge is 0.0814 e. The van der Waals surface area contributed by atoms with Crippen molar-refractivity contribution in [1.29, 1.82) is 0 Å². The maximum Gasteiger partial charge on any atom is 0.0814 e. The van der Waals surface area contributed by atoms with Crippen LogP contribution in [0.4, 0.5) is 0 Å². The quantitative estimate of drug-likeness (QED) is 0.694. The Kier molecular flexibility index (Phi) is 3.05. The van der Waals surface area contributed by atoms with Crippen LogP contribution in [0, 0.1) is 5.92 Å². The highest BCUT2D eigenvalue weighted by molar-refractivity contribution is 6.42. The Morgan fingerprint density at radius 3 is 2.47 bits per heavy atom. The summed E-state index contributed by atoms with van der Waals surface area (Å²) >= 11 is 11.9. The highest BCUT2D eigenvalue weighted by Crippen LogP contribution is 2.48. The monoisotopic (exact) mass is 238 g/mol. The van der Waals surface area contributed by atoms with Crippen LogP contribution in [0.5, 0.6) is 0 Å². The summed E-state index contributed by atoms with van der Waals surface area (Å²) in [6.07, 6.45) is 3.39. The molecule has 15 heavy (non-hydrogen) atoms. The molecule has 1 aromatic rings. The number of halogens is 2. The summed E-state index contributed by atoms with van der Waals surface area (Å²) in [5.74, 6) is 0.611. The van der Waals surface area contributed by atoms with E-state index in [4.69, 9.17) is 31.0 Å². The second-order valence-corrected chi connectivity index (χ2v) is 5.11. The first kappa shape index (κ1) is 11.4. The van der Waals surface area contributed by atoms with Crippen LogP contribution in [0.3, 0.4) is 0 Å². The zero-order valence-corrected chi connectivity index (χ0v) is 10.3. The molecule has 1 atom stereocenters. The Hall–Kier alpha value is -0.135. The third-order valence-electron chi connectivity index (χ3n) is 3.35. The van der Waals surface area contributed by atoms with Gasteiger partial charge < -0.3 is 0 Å². The summed E-state index contributed by atoms with van der Waals surface area (Å²) in [5.41, 5.74) is 1.11. The molecule has 78 valence electrons. The van der Waals surface area contributed by atoms with Crippen LogP contribution in [0.2, 0.25) is 10.0 Å². The fourth-order valence-corrected chi connectivity index (χ4v) is 2.41. The molecular formula is C12H13BCl2. The van der Waals surface area contributed by atoms with Gasteiger partial charge in [0.1, 0.15) is 0 Å². The lowest BCUT2D eigenvalue weighted by molar-refractivity contribution is 0.513. The zero-order valence-electron chi connectivity index (χ0n) is 8.76. The van der Waals surface area contributed by atoms with Crippen LogP contribution < -0.4 is 0 Å². The van der Waals surface area contributed by atoms with E-state index >= 15 is 0 Å². The molecule has 3 heteroatoms. The molecule has 0 heterocycles. The van der Waals surface area contributed by atoms with E-state index in [2.05, 4.69) is 6.92 Å². The molecule has 0 aromatic heterocycles. The van der Waals surface area contributed by atoms with Crippen molar-refractivity contribution in [2.75, 3.05) is 0 Å². The average Bonchev–Trinajstić information content (AvgIpc) is 3.04. The second-order valence-electron chi connectivity index (χ2n) is 4.30. The molecule has 0 amide bonds. The van der Waals surface area contributed by atoms with Gasteiger partial charge in [-0.05, 0) is 28.9 Å². The van der Waals surface area contributed by atoms with Gasteiger partial charge in [0, 0.05) is 0 Å². The minimum atomic E-state index is -0.214. The molecule has 1 aliphatic rings. The number of hydrogen-bond acceptors (Lipinski definition) is 0. The van der Waals surface area contributed by atoms with Crippen molar-refractivity contribution in [2.24, 2.45) is 5.92 Å². The Morgan fingerprint density at radius 2 is 2.00 bits per heavy atom. The first-order valence-electron chi connectivity index (χ1n) is 5.32. The van der Waals surface area contributed by atoms with Crippen LogP contribution in [0.15, 0.2) is 18.2 Å². The average molecular weight is 239 g/mol. The Bertz CT molecular complexity index is 374.